The van der Waals surface area contributed by atoms with Gasteiger partial charge in [-0.25, -0.2) is 0 Å². The van der Waals surface area contributed by atoms with Crippen LogP contribution in [0.15, 0.2) is 175 Å². The van der Waals surface area contributed by atoms with E-state index in [0.29, 0.717) is 5.92 Å². The Kier molecular flexibility index (Phi) is 6.83. The van der Waals surface area contributed by atoms with Gasteiger partial charge in [0.15, 0.2) is 0 Å². The summed E-state index contributed by atoms with van der Waals surface area (Å²) >= 11 is 0. The number of aryl methyl sites for hydroxylation is 1. The van der Waals surface area contributed by atoms with E-state index >= 15 is 0 Å². The molecule has 48 heavy (non-hydrogen) atoms. The number of benzene rings is 6. The van der Waals surface area contributed by atoms with Crippen molar-refractivity contribution < 1.29 is 0 Å². The topological polar surface area (TPSA) is 9.72 Å². The van der Waals surface area contributed by atoms with E-state index in [4.69, 9.17) is 0 Å². The van der Waals surface area contributed by atoms with E-state index in [1.807, 2.05) is 0 Å². The van der Waals surface area contributed by atoms with Crippen LogP contribution in [0.25, 0.3) is 0 Å². The van der Waals surface area contributed by atoms with E-state index in [2.05, 4.69) is 192 Å². The van der Waals surface area contributed by atoms with Gasteiger partial charge in [-0.2, -0.15) is 0 Å². The molecule has 0 saturated carbocycles. The maximum absolute atomic E-state index is 2.49. The highest BCUT2D eigenvalue weighted by Crippen LogP contribution is 2.48. The van der Waals surface area contributed by atoms with Crippen molar-refractivity contribution in [3.63, 3.8) is 0 Å². The number of fused-ring (bicyclic) bond motifs is 3. The molecule has 1 atom stereocenters. The Balaban J connectivity index is 1.33. The van der Waals surface area contributed by atoms with Crippen molar-refractivity contribution in [1.82, 2.24) is 0 Å². The average Bonchev–Trinajstić information content (AvgIpc) is 3.14. The minimum Gasteiger partial charge on any atom is -0.312 e. The number of allylic oxidation sites excluding steroid dienone is 3. The highest BCUT2D eigenvalue weighted by molar-refractivity contribution is 6.95. The van der Waals surface area contributed by atoms with Crippen LogP contribution in [0.2, 0.25) is 0 Å². The van der Waals surface area contributed by atoms with Crippen LogP contribution in [0, 0.1) is 12.8 Å². The average molecular weight is 618 g/mol. The third kappa shape index (κ3) is 4.44. The molecule has 4 heteroatoms. The maximum atomic E-state index is 2.49. The van der Waals surface area contributed by atoms with Gasteiger partial charge in [0.2, 0.25) is 6.71 Å². The normalized spacial score (nSPS) is 16.0. The molecule has 0 N–H and O–H groups in total. The second kappa shape index (κ2) is 11.5. The number of para-hydroxylation sites is 4. The molecule has 1 aliphatic carbocycles. The summed E-state index contributed by atoms with van der Waals surface area (Å²) in [5, 5.41) is 0. The molecule has 0 radical (unpaired) electrons. The number of nitrogens with zero attached hydrogens (tertiary/aromatic N) is 3. The van der Waals surface area contributed by atoms with E-state index in [1.54, 1.807) is 0 Å². The lowest BCUT2D eigenvalue weighted by Gasteiger charge is -2.46. The van der Waals surface area contributed by atoms with E-state index < -0.39 is 0 Å². The molecule has 0 amide bonds. The number of hydrogen-bond acceptors (Lipinski definition) is 3. The summed E-state index contributed by atoms with van der Waals surface area (Å²) in [5.74, 6) is 0.408. The summed E-state index contributed by atoms with van der Waals surface area (Å²) < 4.78 is 0. The van der Waals surface area contributed by atoms with Crippen molar-refractivity contribution in [2.24, 2.45) is 5.92 Å². The fraction of sp³-hybridized carbons (Fsp3) is 0.0909. The van der Waals surface area contributed by atoms with E-state index in [-0.39, 0.29) is 6.71 Å². The van der Waals surface area contributed by atoms with Gasteiger partial charge in [-0.1, -0.05) is 103 Å². The monoisotopic (exact) mass is 617 g/mol. The van der Waals surface area contributed by atoms with Crippen LogP contribution in [-0.4, -0.2) is 6.71 Å². The quantitative estimate of drug-likeness (QED) is 0.178. The van der Waals surface area contributed by atoms with Crippen LogP contribution < -0.4 is 25.6 Å². The van der Waals surface area contributed by atoms with Crippen molar-refractivity contribution in [2.75, 3.05) is 14.7 Å². The van der Waals surface area contributed by atoms with Gasteiger partial charge in [-0.05, 0) is 109 Å². The lowest BCUT2D eigenvalue weighted by Crippen LogP contribution is -2.57. The van der Waals surface area contributed by atoms with Crippen LogP contribution in [0.1, 0.15) is 18.9 Å². The zero-order valence-electron chi connectivity index (χ0n) is 27.3. The summed E-state index contributed by atoms with van der Waals surface area (Å²) in [5.41, 5.74) is 16.3. The number of hydrogen-bond donors (Lipinski definition) is 0. The van der Waals surface area contributed by atoms with Gasteiger partial charge in [0.25, 0.3) is 0 Å². The molecular weight excluding hydrogens is 581 g/mol. The summed E-state index contributed by atoms with van der Waals surface area (Å²) in [4.78, 5) is 7.39. The molecule has 0 spiro atoms. The molecule has 230 valence electrons. The van der Waals surface area contributed by atoms with Crippen molar-refractivity contribution in [3.05, 3.63) is 181 Å². The van der Waals surface area contributed by atoms with Gasteiger partial charge in [0.05, 0.1) is 0 Å². The fourth-order valence-electron chi connectivity index (χ4n) is 8.10. The molecule has 9 rings (SSSR count). The molecule has 6 aromatic rings. The molecular formula is C44H36BN3. The Hall–Kier alpha value is -5.74. The number of rotatable bonds is 5. The van der Waals surface area contributed by atoms with Crippen molar-refractivity contribution in [2.45, 2.75) is 20.3 Å². The van der Waals surface area contributed by atoms with Gasteiger partial charge in [-0.3, -0.25) is 0 Å². The first kappa shape index (κ1) is 28.5. The molecule has 2 heterocycles. The summed E-state index contributed by atoms with van der Waals surface area (Å²) in [6.45, 7) is 4.76. The lowest BCUT2D eigenvalue weighted by molar-refractivity contribution is 0.705. The first-order chi connectivity index (χ1) is 23.7. The second-order valence-electron chi connectivity index (χ2n) is 13.1. The van der Waals surface area contributed by atoms with Gasteiger partial charge in [0.1, 0.15) is 0 Å². The lowest BCUT2D eigenvalue weighted by atomic mass is 9.31. The van der Waals surface area contributed by atoms with Crippen molar-refractivity contribution in [1.29, 1.82) is 0 Å². The molecule has 3 nitrogen and oxygen atoms in total. The third-order valence-corrected chi connectivity index (χ3v) is 10.2. The van der Waals surface area contributed by atoms with E-state index in [0.717, 1.165) is 23.5 Å². The van der Waals surface area contributed by atoms with E-state index in [9.17, 15) is 0 Å². The molecule has 3 aliphatic rings. The Morgan fingerprint density at radius 2 is 1.23 bits per heavy atom. The third-order valence-electron chi connectivity index (χ3n) is 10.2. The Morgan fingerprint density at radius 3 is 1.94 bits per heavy atom. The minimum atomic E-state index is 0.152. The Morgan fingerprint density at radius 1 is 0.604 bits per heavy atom. The molecule has 2 aliphatic heterocycles. The molecule has 0 saturated heterocycles. The van der Waals surface area contributed by atoms with Crippen LogP contribution in [0.5, 0.6) is 0 Å². The first-order valence-electron chi connectivity index (χ1n) is 17.0. The molecule has 1 unspecified atom stereocenters. The summed E-state index contributed by atoms with van der Waals surface area (Å²) in [6.07, 6.45) is 5.77. The molecule has 6 aromatic carbocycles. The standard InChI is InChI=1S/C44H36BN3/c1-31-16-12-13-24-38(31)46(33-18-6-3-7-19-33)36-28-29-37-42(30-36)48(35-22-10-5-11-23-35)41-27-15-26-40-44(41)45(37)43-32(2)17-14-25-39(43)47(40)34-20-8-4-9-21-34/h3-16,18-30,32H,17H2,1-2H3. The van der Waals surface area contributed by atoms with Crippen LogP contribution >= 0.6 is 0 Å². The SMILES string of the molecule is Cc1ccccc1N(c1ccccc1)c1ccc2c(c1)N(c1ccccc1)c1cccc3c1B2C1=C(C=CCC1C)N3c1ccccc1. The van der Waals surface area contributed by atoms with Gasteiger partial charge in [-0.15, -0.1) is 0 Å². The molecule has 0 bridgehead atoms. The largest absolute Gasteiger partial charge is 0.312 e. The number of anilines is 8. The summed E-state index contributed by atoms with van der Waals surface area (Å²) in [7, 11) is 0. The minimum absolute atomic E-state index is 0.152. The fourth-order valence-corrected chi connectivity index (χ4v) is 8.10. The highest BCUT2D eigenvalue weighted by Gasteiger charge is 2.45. The Labute approximate surface area is 283 Å². The van der Waals surface area contributed by atoms with Gasteiger partial charge >= 0.3 is 0 Å². The molecule has 0 aromatic heterocycles. The predicted molar refractivity (Wildman–Crippen MR) is 204 cm³/mol. The predicted octanol–water partition coefficient (Wildman–Crippen LogP) is 10.4. The molecule has 0 fully saturated rings. The van der Waals surface area contributed by atoms with E-state index in [1.165, 1.54) is 56.1 Å². The second-order valence-corrected chi connectivity index (χ2v) is 13.1. The van der Waals surface area contributed by atoms with Crippen molar-refractivity contribution in [3.8, 4) is 0 Å². The van der Waals surface area contributed by atoms with Crippen LogP contribution in [-0.2, 0) is 0 Å². The summed E-state index contributed by atoms with van der Waals surface area (Å²) in [6, 6.07) is 55.2. The smallest absolute Gasteiger partial charge is 0.247 e. The highest BCUT2D eigenvalue weighted by atomic mass is 15.2. The zero-order chi connectivity index (χ0) is 32.2. The van der Waals surface area contributed by atoms with Gasteiger partial charge < -0.3 is 14.7 Å². The Bertz CT molecular complexity index is 2210. The van der Waals surface area contributed by atoms with Crippen LogP contribution in [0.3, 0.4) is 0 Å². The van der Waals surface area contributed by atoms with Gasteiger partial charge in [0, 0.05) is 51.2 Å². The maximum Gasteiger partial charge on any atom is 0.247 e. The van der Waals surface area contributed by atoms with Crippen LogP contribution in [0.4, 0.5) is 45.5 Å². The van der Waals surface area contributed by atoms with Crippen molar-refractivity contribution >= 4 is 63.1 Å². The zero-order valence-corrected chi connectivity index (χ0v) is 27.3. The first-order valence-corrected chi connectivity index (χ1v) is 17.0.